The first-order chi connectivity index (χ1) is 8.54. The molecule has 6 nitrogen and oxygen atoms in total. The van der Waals surface area contributed by atoms with Crippen LogP contribution >= 0.6 is 0 Å². The fourth-order valence-electron chi connectivity index (χ4n) is 1.35. The van der Waals surface area contributed by atoms with E-state index in [1.54, 1.807) is 0 Å². The van der Waals surface area contributed by atoms with Crippen molar-refractivity contribution in [3.05, 3.63) is 41.8 Å². The minimum Gasteiger partial charge on any atom is -0.264 e. The lowest BCUT2D eigenvalue weighted by molar-refractivity contribution is 0.593. The Kier molecular flexibility index (Phi) is 2.99. The summed E-state index contributed by atoms with van der Waals surface area (Å²) in [6.45, 7) is 0. The van der Waals surface area contributed by atoms with Crippen LogP contribution in [0.2, 0.25) is 0 Å². The summed E-state index contributed by atoms with van der Waals surface area (Å²) in [6, 6.07) is 6.32. The van der Waals surface area contributed by atoms with Crippen LogP contribution in [0.3, 0.4) is 0 Å². The van der Waals surface area contributed by atoms with Crippen molar-refractivity contribution in [3.8, 4) is 6.07 Å². The molecule has 0 aliphatic carbocycles. The van der Waals surface area contributed by atoms with Crippen LogP contribution in [-0.4, -0.2) is 18.6 Å². The molecule has 0 saturated carbocycles. The summed E-state index contributed by atoms with van der Waals surface area (Å²) in [5.41, 5.74) is -0.524. The molecular weight excluding hydrogens is 259 g/mol. The van der Waals surface area contributed by atoms with Crippen LogP contribution in [0.25, 0.3) is 0 Å². The van der Waals surface area contributed by atoms with Crippen molar-refractivity contribution in [1.29, 1.82) is 5.26 Å². The zero-order valence-corrected chi connectivity index (χ0v) is 9.70. The van der Waals surface area contributed by atoms with Gasteiger partial charge < -0.3 is 0 Å². The number of aromatic amines is 1. The Bertz CT molecular complexity index is 704. The quantitative estimate of drug-likeness (QED) is 0.872. The normalized spacial score (nSPS) is 10.9. The summed E-state index contributed by atoms with van der Waals surface area (Å²) in [5.74, 6) is -0.756. The molecule has 2 aromatic rings. The Hall–Kier alpha value is -2.40. The standard InChI is InChI=1S/C10H7FN4O2S/c11-8-2-1-3-9(7(8)6-12)18(16,17)15-10-4-5-13-14-10/h1-5H,(H2,13,14,15). The second kappa shape index (κ2) is 4.46. The number of rotatable bonds is 3. The van der Waals surface area contributed by atoms with E-state index in [0.717, 1.165) is 12.1 Å². The first kappa shape index (κ1) is 12.1. The lowest BCUT2D eigenvalue weighted by Gasteiger charge is -2.07. The maximum Gasteiger partial charge on any atom is 0.264 e. The van der Waals surface area contributed by atoms with Gasteiger partial charge in [0.05, 0.1) is 6.20 Å². The molecule has 0 fully saturated rings. The van der Waals surface area contributed by atoms with E-state index < -0.39 is 26.3 Å². The summed E-state index contributed by atoms with van der Waals surface area (Å²) < 4.78 is 39.4. The van der Waals surface area contributed by atoms with Crippen LogP contribution < -0.4 is 4.72 Å². The number of hydrogen-bond donors (Lipinski definition) is 2. The van der Waals surface area contributed by atoms with Gasteiger partial charge in [-0.2, -0.15) is 10.4 Å². The van der Waals surface area contributed by atoms with Crippen molar-refractivity contribution in [2.45, 2.75) is 4.90 Å². The maximum atomic E-state index is 13.3. The summed E-state index contributed by atoms with van der Waals surface area (Å²) >= 11 is 0. The van der Waals surface area contributed by atoms with Crippen LogP contribution in [0.15, 0.2) is 35.4 Å². The SMILES string of the molecule is N#Cc1c(F)cccc1S(=O)(=O)Nc1ccn[nH]1. The average Bonchev–Trinajstić information content (AvgIpc) is 2.80. The lowest BCUT2D eigenvalue weighted by atomic mass is 10.2. The number of halogens is 1. The van der Waals surface area contributed by atoms with Gasteiger partial charge >= 0.3 is 0 Å². The van der Waals surface area contributed by atoms with Gasteiger partial charge in [-0.05, 0) is 12.1 Å². The predicted molar refractivity (Wildman–Crippen MR) is 60.5 cm³/mol. The number of nitriles is 1. The van der Waals surface area contributed by atoms with E-state index in [1.165, 1.54) is 24.4 Å². The van der Waals surface area contributed by atoms with Gasteiger partial charge in [-0.25, -0.2) is 12.8 Å². The summed E-state index contributed by atoms with van der Waals surface area (Å²) in [6.07, 6.45) is 1.36. The molecule has 1 heterocycles. The van der Waals surface area contributed by atoms with Gasteiger partial charge in [0, 0.05) is 6.07 Å². The Morgan fingerprint density at radius 3 is 2.78 bits per heavy atom. The molecule has 0 radical (unpaired) electrons. The topological polar surface area (TPSA) is 98.6 Å². The summed E-state index contributed by atoms with van der Waals surface area (Å²) in [5, 5.41) is 14.8. The smallest absolute Gasteiger partial charge is 0.264 e. The Labute approximate surface area is 102 Å². The van der Waals surface area contributed by atoms with E-state index in [-0.39, 0.29) is 5.82 Å². The van der Waals surface area contributed by atoms with Crippen LogP contribution in [0.4, 0.5) is 10.2 Å². The largest absolute Gasteiger partial charge is 0.264 e. The van der Waals surface area contributed by atoms with E-state index in [2.05, 4.69) is 14.9 Å². The summed E-state index contributed by atoms with van der Waals surface area (Å²) in [7, 11) is -4.03. The van der Waals surface area contributed by atoms with Crippen molar-refractivity contribution < 1.29 is 12.8 Å². The van der Waals surface area contributed by atoms with E-state index in [4.69, 9.17) is 5.26 Å². The number of aromatic nitrogens is 2. The first-order valence-corrected chi connectivity index (χ1v) is 6.24. The van der Waals surface area contributed by atoms with E-state index >= 15 is 0 Å². The molecule has 0 atom stereocenters. The number of nitrogens with one attached hydrogen (secondary N) is 2. The van der Waals surface area contributed by atoms with E-state index in [1.807, 2.05) is 0 Å². The average molecular weight is 266 g/mol. The van der Waals surface area contributed by atoms with Gasteiger partial charge in [-0.1, -0.05) is 6.07 Å². The highest BCUT2D eigenvalue weighted by atomic mass is 32.2. The van der Waals surface area contributed by atoms with Crippen molar-refractivity contribution in [2.75, 3.05) is 4.72 Å². The van der Waals surface area contributed by atoms with Crippen molar-refractivity contribution in [1.82, 2.24) is 10.2 Å². The number of hydrogen-bond acceptors (Lipinski definition) is 4. The number of nitrogens with zero attached hydrogens (tertiary/aromatic N) is 2. The Balaban J connectivity index is 2.49. The minimum atomic E-state index is -4.03. The van der Waals surface area contributed by atoms with Crippen LogP contribution in [0.5, 0.6) is 0 Å². The minimum absolute atomic E-state index is 0.128. The van der Waals surface area contributed by atoms with Gasteiger partial charge in [0.2, 0.25) is 0 Å². The molecule has 0 aliphatic heterocycles. The number of anilines is 1. The third-order valence-corrected chi connectivity index (χ3v) is 3.53. The zero-order valence-electron chi connectivity index (χ0n) is 8.88. The predicted octanol–water partition coefficient (Wildman–Crippen LogP) is 1.22. The van der Waals surface area contributed by atoms with Crippen molar-refractivity contribution in [3.63, 3.8) is 0 Å². The highest BCUT2D eigenvalue weighted by Crippen LogP contribution is 2.20. The molecule has 0 aliphatic rings. The molecule has 0 saturated heterocycles. The molecule has 0 bridgehead atoms. The Morgan fingerprint density at radius 2 is 2.17 bits per heavy atom. The maximum absolute atomic E-state index is 13.3. The molecule has 2 N–H and O–H groups in total. The second-order valence-corrected chi connectivity index (χ2v) is 4.95. The van der Waals surface area contributed by atoms with Crippen molar-refractivity contribution in [2.24, 2.45) is 0 Å². The molecule has 1 aromatic carbocycles. The van der Waals surface area contributed by atoms with E-state index in [0.29, 0.717) is 0 Å². The molecule has 92 valence electrons. The molecule has 0 spiro atoms. The van der Waals surface area contributed by atoms with Crippen LogP contribution in [0.1, 0.15) is 5.56 Å². The second-order valence-electron chi connectivity index (χ2n) is 3.30. The van der Waals surface area contributed by atoms with Crippen molar-refractivity contribution >= 4 is 15.8 Å². The molecule has 18 heavy (non-hydrogen) atoms. The third kappa shape index (κ3) is 2.16. The molecular formula is C10H7FN4O2S. The number of benzene rings is 1. The lowest BCUT2D eigenvalue weighted by Crippen LogP contribution is -2.15. The van der Waals surface area contributed by atoms with Gasteiger partial charge in [0.15, 0.2) is 0 Å². The highest BCUT2D eigenvalue weighted by Gasteiger charge is 2.21. The molecule has 0 unspecified atom stereocenters. The molecule has 1 aromatic heterocycles. The Morgan fingerprint density at radius 1 is 1.39 bits per heavy atom. The molecule has 8 heteroatoms. The zero-order chi connectivity index (χ0) is 13.2. The van der Waals surface area contributed by atoms with Gasteiger partial charge in [0.25, 0.3) is 10.0 Å². The highest BCUT2D eigenvalue weighted by molar-refractivity contribution is 7.92. The van der Waals surface area contributed by atoms with Gasteiger partial charge in [-0.3, -0.25) is 9.82 Å². The van der Waals surface area contributed by atoms with Crippen LogP contribution in [0, 0.1) is 17.1 Å². The fraction of sp³-hybridized carbons (Fsp3) is 0. The first-order valence-electron chi connectivity index (χ1n) is 4.75. The third-order valence-electron chi connectivity index (χ3n) is 2.12. The van der Waals surface area contributed by atoms with Gasteiger partial charge in [0.1, 0.15) is 28.2 Å². The molecule has 2 rings (SSSR count). The summed E-state index contributed by atoms with van der Waals surface area (Å²) in [4.78, 5) is -0.417. The van der Waals surface area contributed by atoms with E-state index in [9.17, 15) is 12.8 Å². The number of sulfonamides is 1. The van der Waals surface area contributed by atoms with Crippen LogP contribution in [-0.2, 0) is 10.0 Å². The number of H-pyrrole nitrogens is 1. The van der Waals surface area contributed by atoms with Gasteiger partial charge in [-0.15, -0.1) is 0 Å². The fourth-order valence-corrected chi connectivity index (χ4v) is 2.53. The monoisotopic (exact) mass is 266 g/mol. The molecule has 0 amide bonds.